The minimum absolute atomic E-state index is 0.103. The number of aliphatic imine (C=N–C) groups is 1. The number of amides is 1. The fraction of sp³-hybridized carbons (Fsp3) is 0.367. The van der Waals surface area contributed by atoms with Crippen LogP contribution in [0.2, 0.25) is 0 Å². The molecular formula is C30H33N3O4S. The fourth-order valence-corrected chi connectivity index (χ4v) is 6.43. The van der Waals surface area contributed by atoms with Gasteiger partial charge in [-0.1, -0.05) is 54.2 Å². The van der Waals surface area contributed by atoms with Crippen molar-refractivity contribution in [3.05, 3.63) is 88.1 Å². The van der Waals surface area contributed by atoms with Crippen LogP contribution in [0.5, 0.6) is 5.75 Å². The molecule has 3 heterocycles. The third kappa shape index (κ3) is 5.36. The molecule has 0 aliphatic carbocycles. The number of benzene rings is 2. The Kier molecular flexibility index (Phi) is 7.88. The average Bonchev–Trinajstić information content (AvgIpc) is 3.34. The number of hydrogen-bond acceptors (Lipinski definition) is 7. The van der Waals surface area contributed by atoms with Crippen LogP contribution in [0.3, 0.4) is 0 Å². The predicted molar refractivity (Wildman–Crippen MR) is 149 cm³/mol. The van der Waals surface area contributed by atoms with Crippen molar-refractivity contribution in [1.82, 2.24) is 9.80 Å². The van der Waals surface area contributed by atoms with Crippen LogP contribution < -0.4 is 4.74 Å². The Labute approximate surface area is 228 Å². The number of thioether (sulfide) groups is 1. The van der Waals surface area contributed by atoms with E-state index in [2.05, 4.69) is 24.3 Å². The lowest BCUT2D eigenvalue weighted by atomic mass is 9.90. The topological polar surface area (TPSA) is 71.4 Å². The van der Waals surface area contributed by atoms with Crippen LogP contribution in [-0.2, 0) is 20.7 Å². The molecule has 5 rings (SSSR count). The van der Waals surface area contributed by atoms with Gasteiger partial charge in [-0.25, -0.2) is 9.79 Å². The number of methoxy groups -OCH3 is 2. The summed E-state index contributed by atoms with van der Waals surface area (Å²) in [5.74, 6) is 0.963. The Morgan fingerprint density at radius 2 is 1.82 bits per heavy atom. The highest BCUT2D eigenvalue weighted by Crippen LogP contribution is 2.45. The number of hydrogen-bond donors (Lipinski definition) is 0. The van der Waals surface area contributed by atoms with Crippen molar-refractivity contribution in [3.8, 4) is 5.75 Å². The maximum absolute atomic E-state index is 13.5. The minimum atomic E-state index is -0.462. The highest BCUT2D eigenvalue weighted by atomic mass is 32.2. The Hall–Kier alpha value is -3.52. The highest BCUT2D eigenvalue weighted by molar-refractivity contribution is 8.16. The second kappa shape index (κ2) is 11.5. The molecule has 198 valence electrons. The van der Waals surface area contributed by atoms with Crippen molar-refractivity contribution < 1.29 is 19.1 Å². The molecule has 0 bridgehead atoms. The summed E-state index contributed by atoms with van der Waals surface area (Å²) in [6, 6.07) is 17.8. The number of esters is 1. The van der Waals surface area contributed by atoms with E-state index >= 15 is 0 Å². The summed E-state index contributed by atoms with van der Waals surface area (Å²) in [5.41, 5.74) is 4.15. The first kappa shape index (κ1) is 26.1. The molecule has 38 heavy (non-hydrogen) atoms. The van der Waals surface area contributed by atoms with E-state index in [0.717, 1.165) is 48.8 Å². The monoisotopic (exact) mass is 531 g/mol. The molecule has 0 saturated carbocycles. The van der Waals surface area contributed by atoms with Crippen LogP contribution >= 0.6 is 11.8 Å². The number of allylic oxidation sites excluding steroid dienone is 1. The highest BCUT2D eigenvalue weighted by Gasteiger charge is 2.41. The maximum atomic E-state index is 13.5. The lowest BCUT2D eigenvalue weighted by molar-refractivity contribution is -0.136. The van der Waals surface area contributed by atoms with Gasteiger partial charge in [0, 0.05) is 18.8 Å². The van der Waals surface area contributed by atoms with E-state index in [1.54, 1.807) is 7.11 Å². The first-order valence-electron chi connectivity index (χ1n) is 13.0. The molecule has 3 aliphatic rings. The predicted octanol–water partition coefficient (Wildman–Crippen LogP) is 5.31. The van der Waals surface area contributed by atoms with Crippen molar-refractivity contribution in [2.75, 3.05) is 27.3 Å². The Morgan fingerprint density at radius 1 is 1.05 bits per heavy atom. The van der Waals surface area contributed by atoms with Gasteiger partial charge in [0.25, 0.3) is 0 Å². The lowest BCUT2D eigenvalue weighted by Gasteiger charge is -2.37. The largest absolute Gasteiger partial charge is 0.497 e. The van der Waals surface area contributed by atoms with E-state index in [1.807, 2.05) is 52.5 Å². The molecule has 1 atom stereocenters. The Balaban J connectivity index is 1.32. The van der Waals surface area contributed by atoms with Gasteiger partial charge in [-0.05, 0) is 60.8 Å². The van der Waals surface area contributed by atoms with Gasteiger partial charge in [-0.3, -0.25) is 4.79 Å². The van der Waals surface area contributed by atoms with Gasteiger partial charge >= 0.3 is 5.97 Å². The summed E-state index contributed by atoms with van der Waals surface area (Å²) in [5, 5.41) is 2.74. The smallest absolute Gasteiger partial charge is 0.338 e. The summed E-state index contributed by atoms with van der Waals surface area (Å²) < 4.78 is 10.6. The standard InChI is InChI=1S/C30H33N3O4S/c1-20-27(29(35)37-3)28(23-10-7-11-25(17-23)36-2)33-24(19-38-30(33)31-20)18-26(34)32-14-12-22(13-15-32)16-21-8-5-4-6-9-21/h4-11,17,19,22,28H,12-16,18H2,1-3H3/t28-/m0/s1. The number of piperidine rings is 1. The van der Waals surface area contributed by atoms with Crippen LogP contribution in [0, 0.1) is 5.92 Å². The van der Waals surface area contributed by atoms with Gasteiger partial charge in [-0.2, -0.15) is 0 Å². The van der Waals surface area contributed by atoms with Crippen LogP contribution in [-0.4, -0.2) is 54.2 Å². The van der Waals surface area contributed by atoms with E-state index in [4.69, 9.17) is 14.5 Å². The van der Waals surface area contributed by atoms with Crippen LogP contribution in [0.15, 0.2) is 82.0 Å². The summed E-state index contributed by atoms with van der Waals surface area (Å²) in [6.07, 6.45) is 3.32. The quantitative estimate of drug-likeness (QED) is 0.451. The van der Waals surface area contributed by atoms with E-state index in [-0.39, 0.29) is 12.3 Å². The first-order valence-corrected chi connectivity index (χ1v) is 13.8. The number of amidine groups is 1. The van der Waals surface area contributed by atoms with Gasteiger partial charge < -0.3 is 19.3 Å². The molecule has 8 heteroatoms. The molecule has 0 N–H and O–H groups in total. The van der Waals surface area contributed by atoms with Gasteiger partial charge in [-0.15, -0.1) is 0 Å². The van der Waals surface area contributed by atoms with E-state index in [0.29, 0.717) is 22.9 Å². The third-order valence-corrected chi connectivity index (χ3v) is 8.37. The Bertz CT molecular complexity index is 1300. The molecular weight excluding hydrogens is 498 g/mol. The molecule has 1 fully saturated rings. The second-order valence-electron chi connectivity index (χ2n) is 9.85. The first-order chi connectivity index (χ1) is 18.5. The molecule has 0 aromatic heterocycles. The number of carbonyl (C=O) groups excluding carboxylic acids is 2. The van der Waals surface area contributed by atoms with Crippen LogP contribution in [0.4, 0.5) is 0 Å². The summed E-state index contributed by atoms with van der Waals surface area (Å²) in [7, 11) is 3.00. The Morgan fingerprint density at radius 3 is 2.53 bits per heavy atom. The zero-order valence-electron chi connectivity index (χ0n) is 22.1. The number of nitrogens with zero attached hydrogens (tertiary/aromatic N) is 3. The van der Waals surface area contributed by atoms with Crippen molar-refractivity contribution in [1.29, 1.82) is 0 Å². The summed E-state index contributed by atoms with van der Waals surface area (Å²) in [4.78, 5) is 35.1. The molecule has 0 unspecified atom stereocenters. The van der Waals surface area contributed by atoms with E-state index < -0.39 is 12.0 Å². The molecule has 7 nitrogen and oxygen atoms in total. The SMILES string of the molecule is COC(=O)C1=C(C)N=C2SC=C(CC(=O)N3CCC(Cc4ccccc4)CC3)N2[C@H]1c1cccc(OC)c1. The maximum Gasteiger partial charge on any atom is 0.338 e. The number of rotatable bonds is 7. The van der Waals surface area contributed by atoms with Gasteiger partial charge in [0.1, 0.15) is 5.75 Å². The van der Waals surface area contributed by atoms with Crippen molar-refractivity contribution in [3.63, 3.8) is 0 Å². The average molecular weight is 532 g/mol. The molecule has 2 aromatic carbocycles. The van der Waals surface area contributed by atoms with Crippen molar-refractivity contribution >= 4 is 28.8 Å². The lowest BCUT2D eigenvalue weighted by Crippen LogP contribution is -2.41. The molecule has 0 radical (unpaired) electrons. The number of likely N-dealkylation sites (tertiary alicyclic amines) is 1. The zero-order chi connectivity index (χ0) is 26.6. The van der Waals surface area contributed by atoms with Gasteiger partial charge in [0.05, 0.1) is 38.0 Å². The minimum Gasteiger partial charge on any atom is -0.497 e. The summed E-state index contributed by atoms with van der Waals surface area (Å²) in [6.45, 7) is 3.36. The number of fused-ring (bicyclic) bond motifs is 1. The molecule has 3 aliphatic heterocycles. The normalized spacial score (nSPS) is 19.6. The van der Waals surface area contributed by atoms with E-state index in [1.165, 1.54) is 24.4 Å². The molecule has 2 aromatic rings. The molecule has 0 spiro atoms. The molecule has 1 saturated heterocycles. The van der Waals surface area contributed by atoms with Crippen molar-refractivity contribution in [2.45, 2.75) is 38.6 Å². The zero-order valence-corrected chi connectivity index (χ0v) is 22.9. The van der Waals surface area contributed by atoms with Crippen molar-refractivity contribution in [2.24, 2.45) is 10.9 Å². The van der Waals surface area contributed by atoms with Gasteiger partial charge in [0.2, 0.25) is 5.91 Å². The summed E-state index contributed by atoms with van der Waals surface area (Å²) >= 11 is 1.48. The van der Waals surface area contributed by atoms with Gasteiger partial charge in [0.15, 0.2) is 5.17 Å². The molecule has 1 amide bonds. The fourth-order valence-electron chi connectivity index (χ4n) is 5.47. The number of ether oxygens (including phenoxy) is 2. The third-order valence-electron chi connectivity index (χ3n) is 7.48. The number of carbonyl (C=O) groups is 2. The second-order valence-corrected chi connectivity index (χ2v) is 10.7. The van der Waals surface area contributed by atoms with Crippen LogP contribution in [0.1, 0.15) is 43.4 Å². The van der Waals surface area contributed by atoms with E-state index in [9.17, 15) is 9.59 Å². The van der Waals surface area contributed by atoms with Crippen LogP contribution in [0.25, 0.3) is 0 Å².